The molecule has 186 valence electrons. The molecule has 0 aliphatic heterocycles. The largest absolute Gasteiger partial charge is 0.508 e. The SMILES string of the molecule is CC(C)(Cc1cccc(C(=O)NCCc2cccc(F)c2)c1)NC[C@@H](O)c1ccc(O)c(CO)c1. The van der Waals surface area contributed by atoms with Crippen LogP contribution in [0.4, 0.5) is 4.39 Å². The molecule has 35 heavy (non-hydrogen) atoms. The Kier molecular flexibility index (Phi) is 8.98. The molecule has 0 aliphatic carbocycles. The third kappa shape index (κ3) is 7.89. The summed E-state index contributed by atoms with van der Waals surface area (Å²) in [6.45, 7) is 4.42. The van der Waals surface area contributed by atoms with Crippen molar-refractivity contribution in [3.63, 3.8) is 0 Å². The van der Waals surface area contributed by atoms with Gasteiger partial charge in [-0.2, -0.15) is 0 Å². The van der Waals surface area contributed by atoms with E-state index < -0.39 is 6.10 Å². The highest BCUT2D eigenvalue weighted by Gasteiger charge is 2.21. The molecule has 0 bridgehead atoms. The Labute approximate surface area is 205 Å². The van der Waals surface area contributed by atoms with E-state index in [1.165, 1.54) is 18.2 Å². The van der Waals surface area contributed by atoms with Crippen LogP contribution in [0.2, 0.25) is 0 Å². The highest BCUT2D eigenvalue weighted by molar-refractivity contribution is 5.94. The predicted molar refractivity (Wildman–Crippen MR) is 134 cm³/mol. The lowest BCUT2D eigenvalue weighted by Crippen LogP contribution is -2.43. The number of aromatic hydroxyl groups is 1. The van der Waals surface area contributed by atoms with Crippen LogP contribution in [0.5, 0.6) is 5.75 Å². The number of rotatable bonds is 11. The molecule has 0 saturated carbocycles. The molecule has 3 aromatic carbocycles. The fourth-order valence-corrected chi connectivity index (χ4v) is 3.94. The number of amides is 1. The van der Waals surface area contributed by atoms with Crippen LogP contribution in [0.3, 0.4) is 0 Å². The van der Waals surface area contributed by atoms with E-state index in [2.05, 4.69) is 10.6 Å². The van der Waals surface area contributed by atoms with Gasteiger partial charge in [0.2, 0.25) is 0 Å². The summed E-state index contributed by atoms with van der Waals surface area (Å²) >= 11 is 0. The maximum Gasteiger partial charge on any atom is 0.251 e. The molecule has 1 atom stereocenters. The molecule has 3 aromatic rings. The second-order valence-electron chi connectivity index (χ2n) is 9.34. The number of phenols is 1. The van der Waals surface area contributed by atoms with E-state index in [9.17, 15) is 24.5 Å². The molecule has 0 aliphatic rings. The first-order chi connectivity index (χ1) is 16.7. The van der Waals surface area contributed by atoms with E-state index in [1.807, 2.05) is 38.1 Å². The number of nitrogens with one attached hydrogen (secondary N) is 2. The number of halogens is 1. The summed E-state index contributed by atoms with van der Waals surface area (Å²) in [7, 11) is 0. The van der Waals surface area contributed by atoms with Gasteiger partial charge >= 0.3 is 0 Å². The second kappa shape index (κ2) is 11.9. The van der Waals surface area contributed by atoms with Gasteiger partial charge in [-0.25, -0.2) is 4.39 Å². The van der Waals surface area contributed by atoms with Crippen molar-refractivity contribution in [1.29, 1.82) is 0 Å². The van der Waals surface area contributed by atoms with Gasteiger partial charge in [0, 0.05) is 29.8 Å². The van der Waals surface area contributed by atoms with E-state index in [0.717, 1.165) is 11.1 Å². The van der Waals surface area contributed by atoms with Crippen LogP contribution in [-0.2, 0) is 19.4 Å². The topological polar surface area (TPSA) is 102 Å². The van der Waals surface area contributed by atoms with Gasteiger partial charge in [-0.15, -0.1) is 0 Å². The molecule has 0 unspecified atom stereocenters. The van der Waals surface area contributed by atoms with Crippen LogP contribution in [-0.4, -0.2) is 39.9 Å². The standard InChI is InChI=1S/C28H33FN2O4/c1-28(2,31-17-26(34)21-9-10-25(33)23(15-21)18-32)16-20-6-3-7-22(13-20)27(35)30-12-11-19-5-4-8-24(29)14-19/h3-10,13-15,26,31-34H,11-12,16-18H2,1-2H3,(H,30,35)/t26-/m1/s1. The molecule has 0 radical (unpaired) electrons. The molecule has 0 spiro atoms. The Morgan fingerprint density at radius 1 is 1.03 bits per heavy atom. The minimum absolute atomic E-state index is 0.00498. The van der Waals surface area contributed by atoms with Crippen LogP contribution >= 0.6 is 0 Å². The van der Waals surface area contributed by atoms with Gasteiger partial charge in [-0.3, -0.25) is 4.79 Å². The lowest BCUT2D eigenvalue weighted by atomic mass is 9.93. The van der Waals surface area contributed by atoms with Crippen LogP contribution < -0.4 is 10.6 Å². The van der Waals surface area contributed by atoms with Gasteiger partial charge in [0.25, 0.3) is 5.91 Å². The van der Waals surface area contributed by atoms with Crippen LogP contribution in [0, 0.1) is 5.82 Å². The number of hydrogen-bond donors (Lipinski definition) is 5. The first-order valence-corrected chi connectivity index (χ1v) is 11.6. The van der Waals surface area contributed by atoms with Crippen molar-refractivity contribution in [2.75, 3.05) is 13.1 Å². The van der Waals surface area contributed by atoms with E-state index in [1.54, 1.807) is 24.3 Å². The molecule has 0 fully saturated rings. The van der Waals surface area contributed by atoms with Crippen molar-refractivity contribution in [2.45, 2.75) is 44.9 Å². The van der Waals surface area contributed by atoms with Crippen LogP contribution in [0.15, 0.2) is 66.7 Å². The molecular weight excluding hydrogens is 447 g/mol. The summed E-state index contributed by atoms with van der Waals surface area (Å²) < 4.78 is 13.3. The van der Waals surface area contributed by atoms with Crippen molar-refractivity contribution in [1.82, 2.24) is 10.6 Å². The lowest BCUT2D eigenvalue weighted by Gasteiger charge is -2.28. The monoisotopic (exact) mass is 480 g/mol. The van der Waals surface area contributed by atoms with Crippen molar-refractivity contribution in [2.24, 2.45) is 0 Å². The lowest BCUT2D eigenvalue weighted by molar-refractivity contribution is 0.0954. The Bertz CT molecular complexity index is 1150. The van der Waals surface area contributed by atoms with E-state index in [4.69, 9.17) is 0 Å². The maximum atomic E-state index is 13.3. The zero-order valence-electron chi connectivity index (χ0n) is 20.1. The molecule has 0 aromatic heterocycles. The number of benzene rings is 3. The third-order valence-corrected chi connectivity index (χ3v) is 5.86. The van der Waals surface area contributed by atoms with Crippen molar-refractivity contribution < 1.29 is 24.5 Å². The fraction of sp³-hybridized carbons (Fsp3) is 0.321. The number of aliphatic hydroxyl groups excluding tert-OH is 2. The molecule has 1 amide bonds. The fourth-order valence-electron chi connectivity index (χ4n) is 3.94. The van der Waals surface area contributed by atoms with Gasteiger partial charge in [0.15, 0.2) is 0 Å². The quantitative estimate of drug-likeness (QED) is 0.288. The molecular formula is C28H33FN2O4. The van der Waals surface area contributed by atoms with E-state index >= 15 is 0 Å². The Hall–Kier alpha value is -3.26. The summed E-state index contributed by atoms with van der Waals surface area (Å²) in [5, 5.41) is 35.8. The number of carbonyl (C=O) groups excluding carboxylic acids is 1. The average Bonchev–Trinajstić information content (AvgIpc) is 2.83. The molecule has 3 rings (SSSR count). The number of carbonyl (C=O) groups is 1. The predicted octanol–water partition coefficient (Wildman–Crippen LogP) is 3.64. The highest BCUT2D eigenvalue weighted by Crippen LogP contribution is 2.23. The first kappa shape index (κ1) is 26.3. The molecule has 0 heterocycles. The first-order valence-electron chi connectivity index (χ1n) is 11.6. The van der Waals surface area contributed by atoms with Gasteiger partial charge in [-0.1, -0.05) is 30.3 Å². The van der Waals surface area contributed by atoms with E-state index in [0.29, 0.717) is 36.1 Å². The minimum atomic E-state index is -0.810. The van der Waals surface area contributed by atoms with Crippen molar-refractivity contribution in [3.05, 3.63) is 100 Å². The van der Waals surface area contributed by atoms with Crippen molar-refractivity contribution >= 4 is 5.91 Å². The van der Waals surface area contributed by atoms with Crippen molar-refractivity contribution in [3.8, 4) is 5.75 Å². The highest BCUT2D eigenvalue weighted by atomic mass is 19.1. The minimum Gasteiger partial charge on any atom is -0.508 e. The zero-order valence-corrected chi connectivity index (χ0v) is 20.1. The average molecular weight is 481 g/mol. The number of β-amino-alcohol motifs (C(OH)–C–C–N with tert-alkyl or cyclic N) is 1. The van der Waals surface area contributed by atoms with Gasteiger partial charge in [0.1, 0.15) is 11.6 Å². The van der Waals surface area contributed by atoms with Gasteiger partial charge < -0.3 is 26.0 Å². The number of hydrogen-bond acceptors (Lipinski definition) is 5. The maximum absolute atomic E-state index is 13.3. The van der Waals surface area contributed by atoms with Crippen LogP contribution in [0.25, 0.3) is 0 Å². The molecule has 7 heteroatoms. The van der Waals surface area contributed by atoms with E-state index in [-0.39, 0.29) is 36.2 Å². The van der Waals surface area contributed by atoms with Gasteiger partial charge in [0.05, 0.1) is 12.7 Å². The summed E-state index contributed by atoms with van der Waals surface area (Å²) in [6.07, 6.45) is 0.362. The number of aliphatic hydroxyl groups is 2. The summed E-state index contributed by atoms with van der Waals surface area (Å²) in [6, 6.07) is 18.4. The van der Waals surface area contributed by atoms with Crippen LogP contribution in [0.1, 0.15) is 52.6 Å². The summed E-state index contributed by atoms with van der Waals surface area (Å²) in [4.78, 5) is 12.6. The summed E-state index contributed by atoms with van der Waals surface area (Å²) in [5.74, 6) is -0.477. The summed E-state index contributed by atoms with van der Waals surface area (Å²) in [5.41, 5.74) is 2.96. The third-order valence-electron chi connectivity index (χ3n) is 5.86. The Morgan fingerprint density at radius 2 is 1.77 bits per heavy atom. The Morgan fingerprint density at radius 3 is 2.51 bits per heavy atom. The van der Waals surface area contributed by atoms with Gasteiger partial charge in [-0.05, 0) is 79.8 Å². The zero-order chi connectivity index (χ0) is 25.4. The molecule has 0 saturated heterocycles. The normalized spacial score (nSPS) is 12.4. The molecule has 6 nitrogen and oxygen atoms in total. The smallest absolute Gasteiger partial charge is 0.251 e. The molecule has 5 N–H and O–H groups in total. The Balaban J connectivity index is 1.53. The second-order valence-corrected chi connectivity index (χ2v) is 9.34.